The van der Waals surface area contributed by atoms with Crippen molar-refractivity contribution < 1.29 is 22.8 Å². The topological polar surface area (TPSA) is 64.7 Å². The Kier molecular flexibility index (Phi) is 9.99. The molecule has 3 aromatic rings. The van der Waals surface area contributed by atoms with Crippen LogP contribution in [0.4, 0.5) is 13.2 Å². The van der Waals surface area contributed by atoms with E-state index in [1.54, 1.807) is 22.9 Å². The molecule has 41 heavy (non-hydrogen) atoms. The van der Waals surface area contributed by atoms with E-state index in [0.29, 0.717) is 32.4 Å². The number of rotatable bonds is 9. The van der Waals surface area contributed by atoms with E-state index in [1.165, 1.54) is 12.1 Å². The Bertz CT molecular complexity index is 1340. The molecule has 0 aromatic heterocycles. The van der Waals surface area contributed by atoms with E-state index in [1.807, 2.05) is 60.7 Å². The van der Waals surface area contributed by atoms with E-state index in [4.69, 9.17) is 12.2 Å². The van der Waals surface area contributed by atoms with Crippen molar-refractivity contribution in [2.45, 2.75) is 50.6 Å². The number of nitrogens with zero attached hydrogens (tertiary/aromatic N) is 2. The van der Waals surface area contributed by atoms with Crippen LogP contribution in [0, 0.1) is 0 Å². The van der Waals surface area contributed by atoms with Gasteiger partial charge in [0.05, 0.1) is 5.56 Å². The lowest BCUT2D eigenvalue weighted by Crippen LogP contribution is -2.55. The minimum atomic E-state index is -4.48. The van der Waals surface area contributed by atoms with E-state index in [-0.39, 0.29) is 29.0 Å². The number of nitrogens with one attached hydrogen (secondary N) is 2. The maximum atomic E-state index is 13.6. The second-order valence-electron chi connectivity index (χ2n) is 10.1. The van der Waals surface area contributed by atoms with Gasteiger partial charge in [0.2, 0.25) is 11.8 Å². The number of alkyl halides is 3. The van der Waals surface area contributed by atoms with Gasteiger partial charge in [-0.05, 0) is 47.8 Å². The summed E-state index contributed by atoms with van der Waals surface area (Å²) in [5.74, 6) is -0.565. The number of hydrogen-bond donors (Lipinski definition) is 2. The number of likely N-dealkylation sites (N-methyl/N-ethyl adjacent to an activating group) is 1. The van der Waals surface area contributed by atoms with Crippen molar-refractivity contribution in [3.05, 3.63) is 107 Å². The summed E-state index contributed by atoms with van der Waals surface area (Å²) in [4.78, 5) is 30.4. The zero-order chi connectivity index (χ0) is 29.4. The fourth-order valence-electron chi connectivity index (χ4n) is 5.02. The van der Waals surface area contributed by atoms with Crippen LogP contribution < -0.4 is 10.6 Å². The summed E-state index contributed by atoms with van der Waals surface area (Å²) in [6, 6.07) is 22.9. The Hall–Kier alpha value is -3.92. The molecule has 2 amide bonds. The molecular weight excluding hydrogens is 549 g/mol. The predicted molar refractivity (Wildman–Crippen MR) is 156 cm³/mol. The maximum Gasteiger partial charge on any atom is 0.416 e. The highest BCUT2D eigenvalue weighted by atomic mass is 32.1. The van der Waals surface area contributed by atoms with Crippen LogP contribution in [0.1, 0.15) is 35.1 Å². The van der Waals surface area contributed by atoms with Gasteiger partial charge in [-0.15, -0.1) is 0 Å². The summed E-state index contributed by atoms with van der Waals surface area (Å²) in [6.07, 6.45) is -2.97. The zero-order valence-electron chi connectivity index (χ0n) is 22.7. The first-order valence-corrected chi connectivity index (χ1v) is 13.9. The molecule has 2 N–H and O–H groups in total. The monoisotopic (exact) mass is 582 g/mol. The highest BCUT2D eigenvalue weighted by molar-refractivity contribution is 7.80. The quantitative estimate of drug-likeness (QED) is 0.351. The highest BCUT2D eigenvalue weighted by Gasteiger charge is 2.36. The van der Waals surface area contributed by atoms with Crippen molar-refractivity contribution in [3.8, 4) is 0 Å². The normalized spacial score (nSPS) is 15.7. The second-order valence-corrected chi connectivity index (χ2v) is 10.5. The molecule has 1 aliphatic rings. The van der Waals surface area contributed by atoms with Crippen LogP contribution in [0.25, 0.3) is 0 Å². The van der Waals surface area contributed by atoms with Gasteiger partial charge in [0, 0.05) is 33.1 Å². The van der Waals surface area contributed by atoms with Gasteiger partial charge in [-0.1, -0.05) is 78.9 Å². The van der Waals surface area contributed by atoms with E-state index < -0.39 is 23.8 Å². The summed E-state index contributed by atoms with van der Waals surface area (Å²) in [7, 11) is 1.71. The molecule has 6 nitrogen and oxygen atoms in total. The number of benzene rings is 3. The van der Waals surface area contributed by atoms with Crippen LogP contribution in [-0.2, 0) is 35.3 Å². The Morgan fingerprint density at radius 1 is 0.976 bits per heavy atom. The zero-order valence-corrected chi connectivity index (χ0v) is 23.5. The van der Waals surface area contributed by atoms with Crippen LogP contribution in [-0.4, -0.2) is 52.4 Å². The number of carbonyl (C=O) groups is 2. The first-order valence-electron chi connectivity index (χ1n) is 13.5. The summed E-state index contributed by atoms with van der Waals surface area (Å²) in [5.41, 5.74) is 1.21. The van der Waals surface area contributed by atoms with Gasteiger partial charge in [0.1, 0.15) is 12.1 Å². The number of hydrogen-bond acceptors (Lipinski definition) is 3. The van der Waals surface area contributed by atoms with Crippen LogP contribution in [0.15, 0.2) is 84.9 Å². The predicted octanol–water partition coefficient (Wildman–Crippen LogP) is 4.93. The highest BCUT2D eigenvalue weighted by Crippen LogP contribution is 2.31. The Labute approximate surface area is 243 Å². The summed E-state index contributed by atoms with van der Waals surface area (Å²) < 4.78 is 40.2. The van der Waals surface area contributed by atoms with Crippen LogP contribution in [0.2, 0.25) is 0 Å². The van der Waals surface area contributed by atoms with Crippen molar-refractivity contribution in [2.75, 3.05) is 13.6 Å². The van der Waals surface area contributed by atoms with Crippen molar-refractivity contribution in [1.82, 2.24) is 20.4 Å². The Balaban J connectivity index is 1.44. The molecule has 0 unspecified atom stereocenters. The third kappa shape index (κ3) is 8.07. The molecule has 3 aromatic carbocycles. The fraction of sp³-hybridized carbons (Fsp3) is 0.323. The molecule has 10 heteroatoms. The first kappa shape index (κ1) is 30.0. The minimum absolute atomic E-state index is 0.0672. The Morgan fingerprint density at radius 2 is 1.59 bits per heavy atom. The lowest BCUT2D eigenvalue weighted by Gasteiger charge is -2.30. The minimum Gasteiger partial charge on any atom is -0.358 e. The van der Waals surface area contributed by atoms with Crippen LogP contribution >= 0.6 is 12.2 Å². The molecule has 0 saturated carbocycles. The fourth-order valence-corrected chi connectivity index (χ4v) is 5.32. The molecule has 4 rings (SSSR count). The van der Waals surface area contributed by atoms with Gasteiger partial charge in [0.25, 0.3) is 0 Å². The van der Waals surface area contributed by atoms with E-state index in [2.05, 4.69) is 10.6 Å². The summed E-state index contributed by atoms with van der Waals surface area (Å²) in [5, 5.41) is 6.06. The second kappa shape index (κ2) is 13.6. The summed E-state index contributed by atoms with van der Waals surface area (Å²) in [6.45, 7) is 0.749. The molecule has 216 valence electrons. The molecule has 2 atom stereocenters. The number of carbonyl (C=O) groups excluding carboxylic acids is 2. The first-order chi connectivity index (χ1) is 19.6. The largest absolute Gasteiger partial charge is 0.416 e. The number of halogens is 3. The summed E-state index contributed by atoms with van der Waals surface area (Å²) >= 11 is 5.51. The molecule has 0 aliphatic carbocycles. The van der Waals surface area contributed by atoms with Gasteiger partial charge in [-0.3, -0.25) is 9.59 Å². The lowest BCUT2D eigenvalue weighted by atomic mass is 10.0. The van der Waals surface area contributed by atoms with Gasteiger partial charge in [-0.2, -0.15) is 13.2 Å². The lowest BCUT2D eigenvalue weighted by molar-refractivity contribution is -0.138. The van der Waals surface area contributed by atoms with Crippen LogP contribution in [0.5, 0.6) is 0 Å². The molecule has 1 fully saturated rings. The number of amides is 2. The van der Waals surface area contributed by atoms with Crippen molar-refractivity contribution in [1.29, 1.82) is 0 Å². The SMILES string of the molecule is CN(Cc1ccccc1)C(=O)[C@H](Cc1ccccc1)NC(=O)[C@@H]1CCCN1C(=S)NCc1ccccc1C(F)(F)F. The smallest absolute Gasteiger partial charge is 0.358 e. The van der Waals surface area contributed by atoms with Gasteiger partial charge >= 0.3 is 6.18 Å². The molecule has 0 bridgehead atoms. The van der Waals surface area contributed by atoms with Crippen LogP contribution in [0.3, 0.4) is 0 Å². The van der Waals surface area contributed by atoms with Crippen molar-refractivity contribution in [3.63, 3.8) is 0 Å². The molecule has 0 radical (unpaired) electrons. The van der Waals surface area contributed by atoms with E-state index in [0.717, 1.165) is 17.2 Å². The number of likely N-dealkylation sites (tertiary alicyclic amines) is 1. The van der Waals surface area contributed by atoms with Crippen molar-refractivity contribution in [2.24, 2.45) is 0 Å². The van der Waals surface area contributed by atoms with Gasteiger partial charge in [0.15, 0.2) is 5.11 Å². The number of thiocarbonyl (C=S) groups is 1. The molecule has 1 heterocycles. The standard InChI is InChI=1S/C31H33F3N4O2S/c1-37(21-23-13-6-3-7-14-23)29(40)26(19-22-11-4-2-5-12-22)36-28(39)27-17-10-18-38(27)30(41)35-20-24-15-8-9-16-25(24)31(32,33)34/h2-9,11-16,26-27H,10,17-21H2,1H3,(H,35,41)(H,36,39)/t26-,27-/m0/s1. The third-order valence-electron chi connectivity index (χ3n) is 7.11. The molecular formula is C31H33F3N4O2S. The molecule has 1 saturated heterocycles. The van der Waals surface area contributed by atoms with Crippen molar-refractivity contribution >= 4 is 29.1 Å². The average Bonchev–Trinajstić information content (AvgIpc) is 3.46. The molecule has 1 aliphatic heterocycles. The molecule has 0 spiro atoms. The van der Waals surface area contributed by atoms with E-state index in [9.17, 15) is 22.8 Å². The Morgan fingerprint density at radius 3 is 2.24 bits per heavy atom. The van der Waals surface area contributed by atoms with Gasteiger partial charge < -0.3 is 20.4 Å². The average molecular weight is 583 g/mol. The van der Waals surface area contributed by atoms with E-state index >= 15 is 0 Å². The third-order valence-corrected chi connectivity index (χ3v) is 7.48. The van der Waals surface area contributed by atoms with Gasteiger partial charge in [-0.25, -0.2) is 0 Å². The maximum absolute atomic E-state index is 13.6.